The highest BCUT2D eigenvalue weighted by molar-refractivity contribution is 6.18. The molecule has 0 saturated carbocycles. The van der Waals surface area contributed by atoms with Crippen LogP contribution in [0, 0.1) is 19.8 Å². The lowest BCUT2D eigenvalue weighted by Gasteiger charge is -2.37. The molecule has 0 aromatic heterocycles. The van der Waals surface area contributed by atoms with Crippen molar-refractivity contribution in [1.82, 2.24) is 4.90 Å². The number of rotatable bonds is 10. The van der Waals surface area contributed by atoms with Crippen LogP contribution in [0.2, 0.25) is 0 Å². The van der Waals surface area contributed by atoms with Crippen LogP contribution in [0.15, 0.2) is 35.9 Å². The molecule has 2 rings (SSSR count). The Kier molecular flexibility index (Phi) is 8.58. The Morgan fingerprint density at radius 2 is 2.07 bits per heavy atom. The molecule has 1 aromatic rings. The number of carbonyl (C=O) groups is 1. The quantitative estimate of drug-likeness (QED) is 0.418. The molecule has 1 aromatic carbocycles. The number of halogens is 1. The second-order valence-corrected chi connectivity index (χ2v) is 7.85. The summed E-state index contributed by atoms with van der Waals surface area (Å²) in [7, 11) is 0. The van der Waals surface area contributed by atoms with Gasteiger partial charge < -0.3 is 10.4 Å². The monoisotopic (exact) mass is 404 g/mol. The van der Waals surface area contributed by atoms with Crippen LogP contribution < -0.4 is 5.32 Å². The Balaban J connectivity index is 2.18. The number of carboxylic acid groups (broad SMARTS) is 1. The van der Waals surface area contributed by atoms with Crippen LogP contribution in [0.25, 0.3) is 0 Å². The summed E-state index contributed by atoms with van der Waals surface area (Å²) in [6.45, 7) is 10.7. The van der Waals surface area contributed by atoms with Crippen molar-refractivity contribution in [2.45, 2.75) is 53.1 Å². The summed E-state index contributed by atoms with van der Waals surface area (Å²) in [6.07, 6.45) is 8.32. The number of anilines is 1. The van der Waals surface area contributed by atoms with Gasteiger partial charge in [-0.1, -0.05) is 38.1 Å². The van der Waals surface area contributed by atoms with Crippen LogP contribution in [0.4, 0.5) is 5.69 Å². The van der Waals surface area contributed by atoms with Gasteiger partial charge in [-0.05, 0) is 55.0 Å². The van der Waals surface area contributed by atoms with Crippen molar-refractivity contribution < 1.29 is 9.90 Å². The minimum absolute atomic E-state index is 0.221. The molecule has 28 heavy (non-hydrogen) atoms. The van der Waals surface area contributed by atoms with Crippen LogP contribution in [0.5, 0.6) is 0 Å². The third-order valence-electron chi connectivity index (χ3n) is 5.50. The number of hydrogen-bond donors (Lipinski definition) is 2. The van der Waals surface area contributed by atoms with E-state index in [2.05, 4.69) is 62.2 Å². The van der Waals surface area contributed by atoms with Crippen molar-refractivity contribution in [2.75, 3.05) is 24.3 Å². The molecule has 5 heteroatoms. The van der Waals surface area contributed by atoms with Gasteiger partial charge in [-0.2, -0.15) is 0 Å². The molecular weight excluding hydrogens is 372 g/mol. The van der Waals surface area contributed by atoms with E-state index in [4.69, 9.17) is 16.7 Å². The molecule has 2 N–H and O–H groups in total. The smallest absolute Gasteiger partial charge is 0.309 e. The zero-order valence-electron chi connectivity index (χ0n) is 17.5. The second-order valence-electron chi connectivity index (χ2n) is 7.54. The van der Waals surface area contributed by atoms with Crippen LogP contribution in [0.1, 0.15) is 43.4 Å². The lowest BCUT2D eigenvalue weighted by atomic mass is 9.95. The number of nitrogens with zero attached hydrogens (tertiary/aromatic N) is 1. The summed E-state index contributed by atoms with van der Waals surface area (Å²) in [6, 6.07) is 4.54. The van der Waals surface area contributed by atoms with Gasteiger partial charge in [0.2, 0.25) is 0 Å². The standard InChI is InChI=1S/C23H33ClN2O2/c1-5-8-18(9-7-12-24)21(6-2)25-22-11-10-16(3)20(17(22)4)15-26-13-19(14-26)23(27)28/h7-11,19,21,25H,5-6,12-15H2,1-4H3,(H,27,28)/b9-7-,18-8+/t21-/m1/s1. The molecule has 1 aliphatic rings. The predicted octanol–water partition coefficient (Wildman–Crippen LogP) is 5.14. The van der Waals surface area contributed by atoms with Gasteiger partial charge in [0.05, 0.1) is 12.0 Å². The highest BCUT2D eigenvalue weighted by Crippen LogP contribution is 2.28. The third-order valence-corrected chi connectivity index (χ3v) is 5.68. The summed E-state index contributed by atoms with van der Waals surface area (Å²) >= 11 is 5.84. The number of allylic oxidation sites excluding steroid dienone is 2. The summed E-state index contributed by atoms with van der Waals surface area (Å²) < 4.78 is 0. The number of alkyl halides is 1. The number of carboxylic acids is 1. The van der Waals surface area contributed by atoms with Gasteiger partial charge in [0.25, 0.3) is 0 Å². The van der Waals surface area contributed by atoms with E-state index in [1.54, 1.807) is 0 Å². The number of nitrogens with one attached hydrogen (secondary N) is 1. The molecule has 154 valence electrons. The molecule has 0 unspecified atom stereocenters. The van der Waals surface area contributed by atoms with E-state index in [0.29, 0.717) is 19.0 Å². The molecule has 1 fully saturated rings. The van der Waals surface area contributed by atoms with Crippen molar-refractivity contribution in [3.05, 3.63) is 52.6 Å². The Labute approximate surface area is 174 Å². The third kappa shape index (κ3) is 5.62. The molecule has 0 radical (unpaired) electrons. The molecule has 4 nitrogen and oxygen atoms in total. The first-order valence-corrected chi connectivity index (χ1v) is 10.7. The molecule has 1 heterocycles. The minimum Gasteiger partial charge on any atom is -0.481 e. The van der Waals surface area contributed by atoms with E-state index in [1.807, 2.05) is 6.08 Å². The fraction of sp³-hybridized carbons (Fsp3) is 0.522. The number of hydrogen-bond acceptors (Lipinski definition) is 3. The van der Waals surface area contributed by atoms with Gasteiger partial charge in [0, 0.05) is 31.2 Å². The summed E-state index contributed by atoms with van der Waals surface area (Å²) in [5.41, 5.74) is 6.19. The predicted molar refractivity (Wildman–Crippen MR) is 118 cm³/mol. The van der Waals surface area contributed by atoms with E-state index < -0.39 is 5.97 Å². The highest BCUT2D eigenvalue weighted by Gasteiger charge is 2.32. The van der Waals surface area contributed by atoms with Crippen LogP contribution in [-0.2, 0) is 11.3 Å². The molecule has 0 spiro atoms. The van der Waals surface area contributed by atoms with Gasteiger partial charge in [-0.3, -0.25) is 9.69 Å². The Hall–Kier alpha value is -1.78. The van der Waals surface area contributed by atoms with E-state index >= 15 is 0 Å². The van der Waals surface area contributed by atoms with Gasteiger partial charge in [0.1, 0.15) is 0 Å². The molecule has 0 bridgehead atoms. The number of aryl methyl sites for hydroxylation is 1. The number of likely N-dealkylation sites (tertiary alicyclic amines) is 1. The van der Waals surface area contributed by atoms with Gasteiger partial charge >= 0.3 is 5.97 Å². The average molecular weight is 405 g/mol. The first kappa shape index (κ1) is 22.5. The van der Waals surface area contributed by atoms with E-state index in [-0.39, 0.29) is 12.0 Å². The second kappa shape index (κ2) is 10.7. The lowest BCUT2D eigenvalue weighted by Crippen LogP contribution is -2.49. The Morgan fingerprint density at radius 3 is 2.64 bits per heavy atom. The van der Waals surface area contributed by atoms with Crippen LogP contribution >= 0.6 is 11.6 Å². The molecule has 1 saturated heterocycles. The van der Waals surface area contributed by atoms with E-state index in [9.17, 15) is 4.79 Å². The first-order valence-electron chi connectivity index (χ1n) is 10.1. The summed E-state index contributed by atoms with van der Waals surface area (Å²) in [5, 5.41) is 12.8. The SMILES string of the molecule is CC/C=C(\C=C/CCl)[C@@H](CC)Nc1ccc(C)c(CN2CC(C(=O)O)C2)c1C. The van der Waals surface area contributed by atoms with Crippen LogP contribution in [-0.4, -0.2) is 41.0 Å². The lowest BCUT2D eigenvalue weighted by molar-refractivity contribution is -0.147. The topological polar surface area (TPSA) is 52.6 Å². The number of aliphatic carboxylic acids is 1. The van der Waals surface area contributed by atoms with Crippen molar-refractivity contribution in [3.8, 4) is 0 Å². The van der Waals surface area contributed by atoms with Gasteiger partial charge in [-0.25, -0.2) is 0 Å². The molecular formula is C23H33ClN2O2. The Bertz CT molecular complexity index is 736. The van der Waals surface area contributed by atoms with E-state index in [0.717, 1.165) is 25.1 Å². The molecule has 1 atom stereocenters. The van der Waals surface area contributed by atoms with Gasteiger partial charge in [-0.15, -0.1) is 11.6 Å². The first-order chi connectivity index (χ1) is 13.4. The van der Waals surface area contributed by atoms with E-state index in [1.165, 1.54) is 22.3 Å². The normalized spacial score (nSPS) is 17.0. The minimum atomic E-state index is -0.689. The van der Waals surface area contributed by atoms with Crippen LogP contribution in [0.3, 0.4) is 0 Å². The zero-order valence-corrected chi connectivity index (χ0v) is 18.2. The Morgan fingerprint density at radius 1 is 1.36 bits per heavy atom. The molecule has 0 aliphatic carbocycles. The van der Waals surface area contributed by atoms with Crippen molar-refractivity contribution in [3.63, 3.8) is 0 Å². The maximum Gasteiger partial charge on any atom is 0.309 e. The zero-order chi connectivity index (χ0) is 20.7. The molecule has 1 aliphatic heterocycles. The fourth-order valence-electron chi connectivity index (χ4n) is 3.72. The molecule has 0 amide bonds. The maximum absolute atomic E-state index is 11.1. The summed E-state index contributed by atoms with van der Waals surface area (Å²) in [4.78, 5) is 13.3. The fourth-order valence-corrected chi connectivity index (χ4v) is 3.81. The largest absolute Gasteiger partial charge is 0.481 e. The van der Waals surface area contributed by atoms with Crippen molar-refractivity contribution in [2.24, 2.45) is 5.92 Å². The average Bonchev–Trinajstić information content (AvgIpc) is 2.63. The number of benzene rings is 1. The van der Waals surface area contributed by atoms with Crippen molar-refractivity contribution in [1.29, 1.82) is 0 Å². The maximum atomic E-state index is 11.1. The summed E-state index contributed by atoms with van der Waals surface area (Å²) in [5.74, 6) is -0.397. The highest BCUT2D eigenvalue weighted by atomic mass is 35.5. The van der Waals surface area contributed by atoms with Gasteiger partial charge in [0.15, 0.2) is 0 Å². The van der Waals surface area contributed by atoms with Crippen molar-refractivity contribution >= 4 is 23.3 Å².